The minimum absolute atomic E-state index is 0.115. The summed E-state index contributed by atoms with van der Waals surface area (Å²) in [5.41, 5.74) is 0. The van der Waals surface area contributed by atoms with E-state index in [1.807, 2.05) is 6.07 Å². The van der Waals surface area contributed by atoms with Crippen molar-refractivity contribution in [1.82, 2.24) is 0 Å². The summed E-state index contributed by atoms with van der Waals surface area (Å²) in [6.45, 7) is 5.85. The van der Waals surface area contributed by atoms with E-state index >= 15 is 0 Å². The van der Waals surface area contributed by atoms with Gasteiger partial charge >= 0.3 is 0 Å². The predicted molar refractivity (Wildman–Crippen MR) is 53.1 cm³/mol. The van der Waals surface area contributed by atoms with E-state index < -0.39 is 5.92 Å². The predicted octanol–water partition coefficient (Wildman–Crippen LogP) is 2.93. The molecule has 0 aromatic heterocycles. The van der Waals surface area contributed by atoms with Crippen LogP contribution in [0.15, 0.2) is 0 Å². The average Bonchev–Trinajstić information content (AvgIpc) is 2.15. The molecule has 0 radical (unpaired) electrons. The van der Waals surface area contributed by atoms with Crippen molar-refractivity contribution >= 4 is 5.78 Å². The molecule has 0 rings (SSSR count). The fourth-order valence-corrected chi connectivity index (χ4v) is 1.54. The Morgan fingerprint density at radius 2 is 1.77 bits per heavy atom. The lowest BCUT2D eigenvalue weighted by Crippen LogP contribution is -2.20. The molecule has 2 heteroatoms. The molecule has 13 heavy (non-hydrogen) atoms. The van der Waals surface area contributed by atoms with Crippen LogP contribution in [0.5, 0.6) is 0 Å². The monoisotopic (exact) mass is 181 g/mol. The minimum Gasteiger partial charge on any atom is -0.298 e. The zero-order valence-corrected chi connectivity index (χ0v) is 8.84. The molecule has 0 aliphatic heterocycles. The van der Waals surface area contributed by atoms with E-state index in [1.165, 1.54) is 0 Å². The highest BCUT2D eigenvalue weighted by atomic mass is 16.1. The first-order chi connectivity index (χ1) is 6.17. The summed E-state index contributed by atoms with van der Waals surface area (Å²) in [6, 6.07) is 2.01. The molecule has 0 amide bonds. The molecule has 1 atom stereocenters. The van der Waals surface area contributed by atoms with Gasteiger partial charge in [-0.25, -0.2) is 0 Å². The SMILES string of the molecule is CCCC(CCC)C(=O)C(C)C#N. The van der Waals surface area contributed by atoms with Gasteiger partial charge in [0.25, 0.3) is 0 Å². The van der Waals surface area contributed by atoms with Gasteiger partial charge in [0.15, 0.2) is 5.78 Å². The number of hydrogen-bond acceptors (Lipinski definition) is 2. The van der Waals surface area contributed by atoms with E-state index in [2.05, 4.69) is 13.8 Å². The highest BCUT2D eigenvalue weighted by Crippen LogP contribution is 2.18. The fraction of sp³-hybridized carbons (Fsp3) is 0.818. The Balaban J connectivity index is 4.20. The first-order valence-corrected chi connectivity index (χ1v) is 5.10. The van der Waals surface area contributed by atoms with Gasteiger partial charge in [-0.05, 0) is 19.8 Å². The van der Waals surface area contributed by atoms with Crippen molar-refractivity contribution in [2.24, 2.45) is 11.8 Å². The number of Topliss-reactive ketones (excluding diaryl/α,β-unsaturated/α-hetero) is 1. The van der Waals surface area contributed by atoms with E-state index in [-0.39, 0.29) is 11.7 Å². The summed E-state index contributed by atoms with van der Waals surface area (Å²) in [4.78, 5) is 11.6. The van der Waals surface area contributed by atoms with E-state index in [9.17, 15) is 4.79 Å². The second-order valence-corrected chi connectivity index (χ2v) is 3.53. The second-order valence-electron chi connectivity index (χ2n) is 3.53. The maximum absolute atomic E-state index is 11.6. The molecule has 2 nitrogen and oxygen atoms in total. The molecule has 0 spiro atoms. The topological polar surface area (TPSA) is 40.9 Å². The van der Waals surface area contributed by atoms with Gasteiger partial charge in [0.2, 0.25) is 0 Å². The van der Waals surface area contributed by atoms with Crippen molar-refractivity contribution in [3.05, 3.63) is 0 Å². The third-order valence-corrected chi connectivity index (χ3v) is 2.30. The van der Waals surface area contributed by atoms with Crippen LogP contribution in [0.2, 0.25) is 0 Å². The Morgan fingerprint density at radius 1 is 1.31 bits per heavy atom. The Hall–Kier alpha value is -0.840. The summed E-state index contributed by atoms with van der Waals surface area (Å²) >= 11 is 0. The molecule has 74 valence electrons. The standard InChI is InChI=1S/C11H19NO/c1-4-6-10(7-5-2)11(13)9(3)8-12/h9-10H,4-7H2,1-3H3. The molecule has 0 aromatic rings. The normalized spacial score (nSPS) is 12.5. The third kappa shape index (κ3) is 4.07. The Morgan fingerprint density at radius 3 is 2.08 bits per heavy atom. The van der Waals surface area contributed by atoms with Crippen LogP contribution in [0.3, 0.4) is 0 Å². The molecule has 0 N–H and O–H groups in total. The van der Waals surface area contributed by atoms with Crippen LogP contribution in [0.25, 0.3) is 0 Å². The number of nitriles is 1. The van der Waals surface area contributed by atoms with Crippen LogP contribution in [0.4, 0.5) is 0 Å². The molecule has 0 saturated carbocycles. The number of ketones is 1. The van der Waals surface area contributed by atoms with Crippen molar-refractivity contribution in [2.75, 3.05) is 0 Å². The van der Waals surface area contributed by atoms with E-state index in [4.69, 9.17) is 5.26 Å². The van der Waals surface area contributed by atoms with Crippen LogP contribution in [-0.4, -0.2) is 5.78 Å². The van der Waals surface area contributed by atoms with Gasteiger partial charge < -0.3 is 0 Å². The highest BCUT2D eigenvalue weighted by molar-refractivity contribution is 5.85. The fourth-order valence-electron chi connectivity index (χ4n) is 1.54. The third-order valence-electron chi connectivity index (χ3n) is 2.30. The minimum atomic E-state index is -0.428. The summed E-state index contributed by atoms with van der Waals surface area (Å²) in [5.74, 6) is -0.182. The molecule has 1 unspecified atom stereocenters. The Bertz CT molecular complexity index is 187. The van der Waals surface area contributed by atoms with Crippen molar-refractivity contribution in [1.29, 1.82) is 5.26 Å². The first-order valence-electron chi connectivity index (χ1n) is 5.10. The zero-order chi connectivity index (χ0) is 10.3. The molecule has 0 bridgehead atoms. The van der Waals surface area contributed by atoms with E-state index in [1.54, 1.807) is 6.92 Å². The van der Waals surface area contributed by atoms with Gasteiger partial charge in [-0.2, -0.15) is 5.26 Å². The maximum atomic E-state index is 11.6. The average molecular weight is 181 g/mol. The summed E-state index contributed by atoms with van der Waals surface area (Å²) in [7, 11) is 0. The molecule has 0 aliphatic carbocycles. The lowest BCUT2D eigenvalue weighted by molar-refractivity contribution is -0.125. The Labute approximate surface area is 80.9 Å². The lowest BCUT2D eigenvalue weighted by Gasteiger charge is -2.14. The summed E-state index contributed by atoms with van der Waals surface area (Å²) < 4.78 is 0. The van der Waals surface area contributed by atoms with Gasteiger partial charge in [-0.1, -0.05) is 26.7 Å². The largest absolute Gasteiger partial charge is 0.298 e. The van der Waals surface area contributed by atoms with E-state index in [0.717, 1.165) is 25.7 Å². The molecule has 0 heterocycles. The first kappa shape index (κ1) is 12.2. The smallest absolute Gasteiger partial charge is 0.152 e. The van der Waals surface area contributed by atoms with Gasteiger partial charge in [0.05, 0.1) is 6.07 Å². The number of carbonyl (C=O) groups excluding carboxylic acids is 1. The number of hydrogen-bond donors (Lipinski definition) is 0. The molecular formula is C11H19NO. The van der Waals surface area contributed by atoms with Gasteiger partial charge in [0.1, 0.15) is 5.92 Å². The molecule has 0 fully saturated rings. The summed E-state index contributed by atoms with van der Waals surface area (Å²) in [6.07, 6.45) is 3.90. The second kappa shape index (κ2) is 6.65. The number of nitrogens with zero attached hydrogens (tertiary/aromatic N) is 1. The van der Waals surface area contributed by atoms with Crippen molar-refractivity contribution in [2.45, 2.75) is 46.5 Å². The van der Waals surface area contributed by atoms with Gasteiger partial charge in [-0.15, -0.1) is 0 Å². The zero-order valence-electron chi connectivity index (χ0n) is 8.84. The van der Waals surface area contributed by atoms with Crippen LogP contribution in [0.1, 0.15) is 46.5 Å². The van der Waals surface area contributed by atoms with Crippen molar-refractivity contribution < 1.29 is 4.79 Å². The quantitative estimate of drug-likeness (QED) is 0.632. The number of rotatable bonds is 6. The van der Waals surface area contributed by atoms with Gasteiger partial charge in [-0.3, -0.25) is 4.79 Å². The van der Waals surface area contributed by atoms with Crippen LogP contribution in [-0.2, 0) is 4.79 Å². The molecule has 0 saturated heterocycles. The number of carbonyl (C=O) groups is 1. The lowest BCUT2D eigenvalue weighted by atomic mass is 9.88. The van der Waals surface area contributed by atoms with Gasteiger partial charge in [0, 0.05) is 5.92 Å². The van der Waals surface area contributed by atoms with Crippen LogP contribution >= 0.6 is 0 Å². The molecule has 0 aliphatic rings. The maximum Gasteiger partial charge on any atom is 0.152 e. The molecular weight excluding hydrogens is 162 g/mol. The highest BCUT2D eigenvalue weighted by Gasteiger charge is 2.21. The van der Waals surface area contributed by atoms with E-state index in [0.29, 0.717) is 0 Å². The Kier molecular flexibility index (Phi) is 6.22. The summed E-state index contributed by atoms with van der Waals surface area (Å²) in [5, 5.41) is 8.62. The van der Waals surface area contributed by atoms with Crippen LogP contribution < -0.4 is 0 Å². The van der Waals surface area contributed by atoms with Crippen LogP contribution in [0, 0.1) is 23.2 Å². The van der Waals surface area contributed by atoms with Crippen molar-refractivity contribution in [3.8, 4) is 6.07 Å². The van der Waals surface area contributed by atoms with Crippen molar-refractivity contribution in [3.63, 3.8) is 0 Å². The molecule has 0 aromatic carbocycles.